The van der Waals surface area contributed by atoms with E-state index in [1.807, 2.05) is 12.1 Å². The summed E-state index contributed by atoms with van der Waals surface area (Å²) in [5, 5.41) is 7.20. The molecule has 5 heteroatoms. The van der Waals surface area contributed by atoms with Crippen LogP contribution in [-0.2, 0) is 12.8 Å². The molecule has 0 amide bonds. The molecule has 1 heterocycles. The quantitative estimate of drug-likeness (QED) is 0.480. The summed E-state index contributed by atoms with van der Waals surface area (Å²) in [6, 6.07) is 10.5. The molecule has 0 spiro atoms. The SMILES string of the molecule is CN=C(NCCc1ccc(Cl)nc1)NCCc1cc(C)cc(C)c1. The van der Waals surface area contributed by atoms with Gasteiger partial charge in [-0.05, 0) is 43.9 Å². The van der Waals surface area contributed by atoms with Crippen molar-refractivity contribution in [1.29, 1.82) is 0 Å². The Morgan fingerprint density at radius 3 is 2.17 bits per heavy atom. The minimum atomic E-state index is 0.524. The molecule has 0 aliphatic rings. The fraction of sp³-hybridized carbons (Fsp3) is 0.368. The number of hydrogen-bond donors (Lipinski definition) is 2. The Morgan fingerprint density at radius 2 is 1.62 bits per heavy atom. The van der Waals surface area contributed by atoms with Crippen LogP contribution in [0.4, 0.5) is 0 Å². The number of aromatic nitrogens is 1. The number of nitrogens with zero attached hydrogens (tertiary/aromatic N) is 2. The predicted octanol–water partition coefficient (Wildman–Crippen LogP) is 3.30. The molecule has 0 unspecified atom stereocenters. The molecule has 0 bridgehead atoms. The molecule has 0 saturated heterocycles. The predicted molar refractivity (Wildman–Crippen MR) is 102 cm³/mol. The van der Waals surface area contributed by atoms with Crippen LogP contribution in [0, 0.1) is 13.8 Å². The van der Waals surface area contributed by atoms with Crippen molar-refractivity contribution >= 4 is 17.6 Å². The summed E-state index contributed by atoms with van der Waals surface area (Å²) in [5.74, 6) is 0.821. The van der Waals surface area contributed by atoms with Gasteiger partial charge in [0.1, 0.15) is 5.15 Å². The lowest BCUT2D eigenvalue weighted by atomic mass is 10.1. The highest BCUT2D eigenvalue weighted by atomic mass is 35.5. The molecule has 128 valence electrons. The van der Waals surface area contributed by atoms with Crippen LogP contribution in [0.3, 0.4) is 0 Å². The highest BCUT2D eigenvalue weighted by Gasteiger charge is 2.00. The largest absolute Gasteiger partial charge is 0.356 e. The zero-order valence-corrected chi connectivity index (χ0v) is 15.3. The van der Waals surface area contributed by atoms with Gasteiger partial charge in [-0.3, -0.25) is 4.99 Å². The van der Waals surface area contributed by atoms with Gasteiger partial charge in [-0.25, -0.2) is 4.98 Å². The second kappa shape index (κ2) is 9.28. The lowest BCUT2D eigenvalue weighted by molar-refractivity contribution is 0.782. The van der Waals surface area contributed by atoms with Crippen LogP contribution >= 0.6 is 11.6 Å². The van der Waals surface area contributed by atoms with E-state index in [-0.39, 0.29) is 0 Å². The van der Waals surface area contributed by atoms with Gasteiger partial charge < -0.3 is 10.6 Å². The van der Waals surface area contributed by atoms with E-state index in [9.17, 15) is 0 Å². The van der Waals surface area contributed by atoms with Crippen LogP contribution in [0.1, 0.15) is 22.3 Å². The van der Waals surface area contributed by atoms with Crippen LogP contribution < -0.4 is 10.6 Å². The van der Waals surface area contributed by atoms with Gasteiger partial charge in [0.2, 0.25) is 0 Å². The van der Waals surface area contributed by atoms with Crippen LogP contribution in [0.5, 0.6) is 0 Å². The Hall–Kier alpha value is -2.07. The van der Waals surface area contributed by atoms with Crippen LogP contribution in [0.25, 0.3) is 0 Å². The first kappa shape index (κ1) is 18.3. The topological polar surface area (TPSA) is 49.3 Å². The van der Waals surface area contributed by atoms with Crippen molar-refractivity contribution in [3.05, 3.63) is 63.9 Å². The number of guanidine groups is 1. The van der Waals surface area contributed by atoms with E-state index >= 15 is 0 Å². The molecule has 0 saturated carbocycles. The average Bonchev–Trinajstić information content (AvgIpc) is 2.54. The molecule has 4 nitrogen and oxygen atoms in total. The zero-order chi connectivity index (χ0) is 17.4. The number of pyridine rings is 1. The van der Waals surface area contributed by atoms with Gasteiger partial charge in [0.25, 0.3) is 0 Å². The number of halogens is 1. The highest BCUT2D eigenvalue weighted by molar-refractivity contribution is 6.29. The molecule has 0 fully saturated rings. The zero-order valence-electron chi connectivity index (χ0n) is 14.6. The first-order valence-corrected chi connectivity index (χ1v) is 8.57. The second-order valence-electron chi connectivity index (χ2n) is 5.91. The Bertz CT molecular complexity index is 660. The van der Waals surface area contributed by atoms with E-state index in [0.29, 0.717) is 5.15 Å². The van der Waals surface area contributed by atoms with Crippen LogP contribution in [0.2, 0.25) is 5.15 Å². The van der Waals surface area contributed by atoms with Crippen molar-refractivity contribution in [2.45, 2.75) is 26.7 Å². The third kappa shape index (κ3) is 6.20. The van der Waals surface area contributed by atoms with Crippen LogP contribution in [-0.4, -0.2) is 31.1 Å². The van der Waals surface area contributed by atoms with E-state index in [0.717, 1.165) is 37.5 Å². The Morgan fingerprint density at radius 1 is 1.00 bits per heavy atom. The molecule has 1 aromatic carbocycles. The minimum Gasteiger partial charge on any atom is -0.356 e. The molecular formula is C19H25ClN4. The van der Waals surface area contributed by atoms with Gasteiger partial charge in [-0.15, -0.1) is 0 Å². The lowest BCUT2D eigenvalue weighted by Crippen LogP contribution is -2.39. The summed E-state index contributed by atoms with van der Waals surface area (Å²) >= 11 is 5.79. The van der Waals surface area contributed by atoms with Crippen molar-refractivity contribution < 1.29 is 0 Å². The van der Waals surface area contributed by atoms with E-state index in [1.165, 1.54) is 16.7 Å². The van der Waals surface area contributed by atoms with Crippen molar-refractivity contribution in [2.24, 2.45) is 4.99 Å². The van der Waals surface area contributed by atoms with Crippen molar-refractivity contribution in [2.75, 3.05) is 20.1 Å². The van der Waals surface area contributed by atoms with E-state index in [2.05, 4.69) is 52.7 Å². The normalized spacial score (nSPS) is 11.4. The summed E-state index contributed by atoms with van der Waals surface area (Å²) in [6.07, 6.45) is 3.66. The van der Waals surface area contributed by atoms with E-state index in [4.69, 9.17) is 11.6 Å². The van der Waals surface area contributed by atoms with E-state index in [1.54, 1.807) is 13.2 Å². The standard InChI is InChI=1S/C19H25ClN4/c1-14-10-15(2)12-17(11-14)7-9-23-19(21-3)22-8-6-16-4-5-18(20)24-13-16/h4-5,10-13H,6-9H2,1-3H3,(H2,21,22,23). The maximum Gasteiger partial charge on any atom is 0.190 e. The van der Waals surface area contributed by atoms with Gasteiger partial charge in [0, 0.05) is 26.3 Å². The maximum absolute atomic E-state index is 5.79. The van der Waals surface area contributed by atoms with E-state index < -0.39 is 0 Å². The molecule has 0 radical (unpaired) electrons. The number of aryl methyl sites for hydroxylation is 2. The number of aliphatic imine (C=N–C) groups is 1. The molecule has 0 aliphatic heterocycles. The summed E-state index contributed by atoms with van der Waals surface area (Å²) in [6.45, 7) is 5.92. The average molecular weight is 345 g/mol. The third-order valence-corrected chi connectivity index (χ3v) is 3.93. The third-order valence-electron chi connectivity index (χ3n) is 3.71. The van der Waals surface area contributed by atoms with Crippen molar-refractivity contribution in [3.8, 4) is 0 Å². The highest BCUT2D eigenvalue weighted by Crippen LogP contribution is 2.09. The monoisotopic (exact) mass is 344 g/mol. The molecule has 2 rings (SSSR count). The fourth-order valence-corrected chi connectivity index (χ4v) is 2.75. The van der Waals surface area contributed by atoms with Crippen LogP contribution in [0.15, 0.2) is 41.5 Å². The van der Waals surface area contributed by atoms with Gasteiger partial charge in [0.05, 0.1) is 0 Å². The number of rotatable bonds is 6. The summed E-state index contributed by atoms with van der Waals surface area (Å²) in [7, 11) is 1.79. The molecule has 2 aromatic rings. The smallest absolute Gasteiger partial charge is 0.190 e. The number of hydrogen-bond acceptors (Lipinski definition) is 2. The Kier molecular flexibility index (Phi) is 7.07. The summed E-state index contributed by atoms with van der Waals surface area (Å²) < 4.78 is 0. The Balaban J connectivity index is 1.73. The molecule has 0 atom stereocenters. The Labute approximate surface area is 149 Å². The first-order chi connectivity index (χ1) is 11.6. The second-order valence-corrected chi connectivity index (χ2v) is 6.30. The molecule has 0 aliphatic carbocycles. The fourth-order valence-electron chi connectivity index (χ4n) is 2.64. The maximum atomic E-state index is 5.79. The molecule has 2 N–H and O–H groups in total. The van der Waals surface area contributed by atoms with Gasteiger partial charge >= 0.3 is 0 Å². The van der Waals surface area contributed by atoms with Gasteiger partial charge in [0.15, 0.2) is 5.96 Å². The number of benzene rings is 1. The van der Waals surface area contributed by atoms with Gasteiger partial charge in [-0.1, -0.05) is 47.0 Å². The minimum absolute atomic E-state index is 0.524. The summed E-state index contributed by atoms with van der Waals surface area (Å²) in [5.41, 5.74) is 5.12. The summed E-state index contributed by atoms with van der Waals surface area (Å²) in [4.78, 5) is 8.34. The molecule has 24 heavy (non-hydrogen) atoms. The van der Waals surface area contributed by atoms with Gasteiger partial charge in [-0.2, -0.15) is 0 Å². The van der Waals surface area contributed by atoms with Crippen molar-refractivity contribution in [1.82, 2.24) is 15.6 Å². The molecular weight excluding hydrogens is 320 g/mol. The first-order valence-electron chi connectivity index (χ1n) is 8.19. The van der Waals surface area contributed by atoms with Crippen molar-refractivity contribution in [3.63, 3.8) is 0 Å². The number of nitrogens with one attached hydrogen (secondary N) is 2. The lowest BCUT2D eigenvalue weighted by Gasteiger charge is -2.12. The molecule has 1 aromatic heterocycles.